The Hall–Kier alpha value is -2.14. The van der Waals surface area contributed by atoms with Gasteiger partial charge in [0.1, 0.15) is 11.7 Å². The molecule has 4 N–H and O–H groups in total. The highest BCUT2D eigenvalue weighted by Crippen LogP contribution is 2.34. The molecule has 1 aromatic carbocycles. The lowest BCUT2D eigenvalue weighted by Crippen LogP contribution is -2.53. The molecule has 2 unspecified atom stereocenters. The molecule has 4 rings (SSSR count). The van der Waals surface area contributed by atoms with Gasteiger partial charge in [-0.2, -0.15) is 0 Å². The zero-order valence-corrected chi connectivity index (χ0v) is 13.0. The van der Waals surface area contributed by atoms with Crippen LogP contribution in [0.1, 0.15) is 17.7 Å². The van der Waals surface area contributed by atoms with Crippen LogP contribution in [0.15, 0.2) is 24.3 Å². The number of rotatable bonds is 4. The van der Waals surface area contributed by atoms with E-state index in [0.29, 0.717) is 19.5 Å². The molecule has 23 heavy (non-hydrogen) atoms. The number of carbonyl (C=O) groups is 2. The maximum Gasteiger partial charge on any atom is 0.228 e. The first-order chi connectivity index (χ1) is 11.1. The maximum absolute atomic E-state index is 12.9. The molecular weight excluding hydrogens is 290 g/mol. The van der Waals surface area contributed by atoms with Crippen molar-refractivity contribution in [2.24, 2.45) is 23.5 Å². The van der Waals surface area contributed by atoms with E-state index in [-0.39, 0.29) is 17.6 Å². The molecule has 1 aliphatic heterocycles. The Balaban J connectivity index is 1.61. The number of fused-ring (bicyclic) bond motifs is 3. The second-order valence-electron chi connectivity index (χ2n) is 6.77. The summed E-state index contributed by atoms with van der Waals surface area (Å²) in [6, 6.07) is 8.20. The zero-order chi connectivity index (χ0) is 16.0. The number of benzene rings is 1. The molecule has 5 nitrogen and oxygen atoms in total. The summed E-state index contributed by atoms with van der Waals surface area (Å²) in [5.74, 6) is -1.08. The summed E-state index contributed by atoms with van der Waals surface area (Å²) in [6.45, 7) is 1.43. The number of Topliss-reactive ketones (excluding diaryl/α,β-unsaturated/α-hetero) is 1. The third-order valence-electron chi connectivity index (χ3n) is 5.40. The highest BCUT2D eigenvalue weighted by atomic mass is 16.2. The molecule has 1 amide bonds. The van der Waals surface area contributed by atoms with Gasteiger partial charge in [-0.1, -0.05) is 18.2 Å². The van der Waals surface area contributed by atoms with Crippen LogP contribution < -0.4 is 11.1 Å². The molecular formula is C18H21N3O2. The highest BCUT2D eigenvalue weighted by Gasteiger charge is 2.40. The molecule has 2 aromatic rings. The summed E-state index contributed by atoms with van der Waals surface area (Å²) in [5.41, 5.74) is 9.12. The molecule has 1 aromatic heterocycles. The van der Waals surface area contributed by atoms with Crippen molar-refractivity contribution < 1.29 is 9.59 Å². The molecule has 120 valence electrons. The van der Waals surface area contributed by atoms with Crippen molar-refractivity contribution in [1.29, 1.82) is 0 Å². The normalized spacial score (nSPS) is 22.3. The van der Waals surface area contributed by atoms with Gasteiger partial charge < -0.3 is 16.0 Å². The average molecular weight is 311 g/mol. The Bertz CT molecular complexity index is 776. The summed E-state index contributed by atoms with van der Waals surface area (Å²) < 4.78 is 0. The number of amides is 1. The number of nitrogens with two attached hydrogens (primary N) is 1. The van der Waals surface area contributed by atoms with Gasteiger partial charge in [-0.25, -0.2) is 0 Å². The molecule has 1 fully saturated rings. The quantitative estimate of drug-likeness (QED) is 0.741. The van der Waals surface area contributed by atoms with Gasteiger partial charge in [0.2, 0.25) is 5.91 Å². The van der Waals surface area contributed by atoms with Crippen LogP contribution in [0.4, 0.5) is 0 Å². The van der Waals surface area contributed by atoms with Crippen molar-refractivity contribution in [3.63, 3.8) is 0 Å². The Kier molecular flexibility index (Phi) is 3.45. The van der Waals surface area contributed by atoms with Crippen LogP contribution >= 0.6 is 0 Å². The van der Waals surface area contributed by atoms with Gasteiger partial charge in [0.05, 0.1) is 0 Å². The second kappa shape index (κ2) is 5.49. The average Bonchev–Trinajstić information content (AvgIpc) is 2.87. The van der Waals surface area contributed by atoms with Gasteiger partial charge in [0.15, 0.2) is 0 Å². The number of para-hydroxylation sites is 1. The fourth-order valence-electron chi connectivity index (χ4n) is 4.02. The van der Waals surface area contributed by atoms with Gasteiger partial charge in [-0.15, -0.1) is 0 Å². The molecule has 2 heterocycles. The third-order valence-corrected chi connectivity index (χ3v) is 5.40. The summed E-state index contributed by atoms with van der Waals surface area (Å²) in [5, 5.41) is 4.32. The number of aryl methyl sites for hydroxylation is 1. The van der Waals surface area contributed by atoms with Gasteiger partial charge in [0.25, 0.3) is 0 Å². The SMILES string of the molecule is NC(=O)C(C(=O)C1CCc2[nH]c3ccccc3c2C1)C1CNC1. The first-order valence-electron chi connectivity index (χ1n) is 8.27. The molecule has 2 atom stereocenters. The van der Waals surface area contributed by atoms with E-state index >= 15 is 0 Å². The topological polar surface area (TPSA) is 88.0 Å². The number of aromatic amines is 1. The van der Waals surface area contributed by atoms with Crippen LogP contribution in [0, 0.1) is 17.8 Å². The van der Waals surface area contributed by atoms with Crippen molar-refractivity contribution in [2.75, 3.05) is 13.1 Å². The van der Waals surface area contributed by atoms with Gasteiger partial charge >= 0.3 is 0 Å². The number of carbonyl (C=O) groups excluding carboxylic acids is 2. The van der Waals surface area contributed by atoms with Crippen molar-refractivity contribution in [3.05, 3.63) is 35.5 Å². The Morgan fingerprint density at radius 3 is 2.70 bits per heavy atom. The summed E-state index contributed by atoms with van der Waals surface area (Å²) in [6.07, 6.45) is 2.36. The van der Waals surface area contributed by atoms with Crippen LogP contribution in [0.25, 0.3) is 10.9 Å². The smallest absolute Gasteiger partial charge is 0.228 e. The van der Waals surface area contributed by atoms with E-state index in [9.17, 15) is 9.59 Å². The standard InChI is InChI=1S/C18H21N3O2/c19-18(23)16(11-8-20-9-11)17(22)10-5-6-15-13(7-10)12-3-1-2-4-14(12)21-15/h1-4,10-11,16,20-21H,5-9H2,(H2,19,23). The zero-order valence-electron chi connectivity index (χ0n) is 13.0. The number of hydrogen-bond donors (Lipinski definition) is 3. The predicted octanol–water partition coefficient (Wildman–Crippen LogP) is 1.16. The summed E-state index contributed by atoms with van der Waals surface area (Å²) in [7, 11) is 0. The van der Waals surface area contributed by atoms with E-state index in [1.807, 2.05) is 12.1 Å². The minimum atomic E-state index is -0.631. The van der Waals surface area contributed by atoms with Crippen LogP contribution in [-0.2, 0) is 22.4 Å². The fraction of sp³-hybridized carbons (Fsp3) is 0.444. The minimum absolute atomic E-state index is 0.0416. The van der Waals surface area contributed by atoms with Gasteiger partial charge in [-0.3, -0.25) is 9.59 Å². The van der Waals surface area contributed by atoms with E-state index < -0.39 is 11.8 Å². The number of aromatic nitrogens is 1. The maximum atomic E-state index is 12.9. The lowest BCUT2D eigenvalue weighted by molar-refractivity contribution is -0.138. The van der Waals surface area contributed by atoms with E-state index in [2.05, 4.69) is 22.4 Å². The van der Waals surface area contributed by atoms with Crippen molar-refractivity contribution in [3.8, 4) is 0 Å². The molecule has 0 spiro atoms. The first kappa shape index (κ1) is 14.5. The van der Waals surface area contributed by atoms with Crippen molar-refractivity contribution in [2.45, 2.75) is 19.3 Å². The highest BCUT2D eigenvalue weighted by molar-refractivity contribution is 6.02. The molecule has 0 saturated carbocycles. The number of hydrogen-bond acceptors (Lipinski definition) is 3. The molecule has 1 aliphatic carbocycles. The van der Waals surface area contributed by atoms with Crippen molar-refractivity contribution >= 4 is 22.6 Å². The monoisotopic (exact) mass is 311 g/mol. The number of ketones is 1. The Morgan fingerprint density at radius 1 is 1.22 bits per heavy atom. The van der Waals surface area contributed by atoms with Gasteiger partial charge in [0, 0.05) is 41.5 Å². The molecule has 0 bridgehead atoms. The number of primary amides is 1. The minimum Gasteiger partial charge on any atom is -0.369 e. The fourth-order valence-corrected chi connectivity index (χ4v) is 4.02. The van der Waals surface area contributed by atoms with E-state index in [1.165, 1.54) is 16.6 Å². The largest absolute Gasteiger partial charge is 0.369 e. The molecule has 1 saturated heterocycles. The molecule has 5 heteroatoms. The van der Waals surface area contributed by atoms with Crippen molar-refractivity contribution in [1.82, 2.24) is 10.3 Å². The summed E-state index contributed by atoms with van der Waals surface area (Å²) >= 11 is 0. The van der Waals surface area contributed by atoms with Gasteiger partial charge in [-0.05, 0) is 30.9 Å². The Morgan fingerprint density at radius 2 is 2.00 bits per heavy atom. The van der Waals surface area contributed by atoms with Crippen LogP contribution in [-0.4, -0.2) is 29.8 Å². The van der Waals surface area contributed by atoms with Crippen LogP contribution in [0.2, 0.25) is 0 Å². The van der Waals surface area contributed by atoms with Crippen LogP contribution in [0.5, 0.6) is 0 Å². The van der Waals surface area contributed by atoms with E-state index in [1.54, 1.807) is 0 Å². The predicted molar refractivity (Wildman–Crippen MR) is 87.9 cm³/mol. The Labute approximate surface area is 134 Å². The van der Waals surface area contributed by atoms with E-state index in [4.69, 9.17) is 5.73 Å². The third kappa shape index (κ3) is 2.36. The lowest BCUT2D eigenvalue weighted by atomic mass is 9.74. The van der Waals surface area contributed by atoms with Crippen LogP contribution in [0.3, 0.4) is 0 Å². The lowest BCUT2D eigenvalue weighted by Gasteiger charge is -2.34. The molecule has 2 aliphatic rings. The van der Waals surface area contributed by atoms with E-state index in [0.717, 1.165) is 18.4 Å². The first-order valence-corrected chi connectivity index (χ1v) is 8.27. The number of H-pyrrole nitrogens is 1. The second-order valence-corrected chi connectivity index (χ2v) is 6.77. The number of nitrogens with one attached hydrogen (secondary N) is 2. The summed E-state index contributed by atoms with van der Waals surface area (Å²) in [4.78, 5) is 28.2. The molecule has 0 radical (unpaired) electrons.